The second-order valence-corrected chi connectivity index (χ2v) is 2.61. The number of carbonyl (C=O) groups is 2. The minimum Gasteiger partial charge on any atom is -0.456 e. The van der Waals surface area contributed by atoms with Crippen LogP contribution in [0.2, 0.25) is 0 Å². The van der Waals surface area contributed by atoms with Crippen LogP contribution in [-0.4, -0.2) is 24.0 Å². The van der Waals surface area contributed by atoms with Crippen LogP contribution in [0.3, 0.4) is 0 Å². The number of aliphatic hydroxyl groups excluding tert-OH is 1. The zero-order valence-electron chi connectivity index (χ0n) is 7.42. The highest BCUT2D eigenvalue weighted by Crippen LogP contribution is 2.12. The maximum Gasteiger partial charge on any atom is 0.340 e. The summed E-state index contributed by atoms with van der Waals surface area (Å²) in [5.41, 5.74) is 0.448. The van der Waals surface area contributed by atoms with Crippen LogP contribution >= 0.6 is 0 Å². The van der Waals surface area contributed by atoms with E-state index in [9.17, 15) is 14.7 Å². The smallest absolute Gasteiger partial charge is 0.340 e. The molecular weight excluding hydrogens is 184 g/mol. The minimum absolute atomic E-state index is 0.331. The van der Waals surface area contributed by atoms with E-state index < -0.39 is 12.1 Å². The average Bonchev–Trinajstić information content (AvgIpc) is 2.26. The van der Waals surface area contributed by atoms with Crippen LogP contribution < -0.4 is 0 Å². The van der Waals surface area contributed by atoms with Gasteiger partial charge < -0.3 is 9.84 Å². The quantitative estimate of drug-likeness (QED) is 0.558. The van der Waals surface area contributed by atoms with Gasteiger partial charge in [0.1, 0.15) is 6.61 Å². The fourth-order valence-corrected chi connectivity index (χ4v) is 0.967. The summed E-state index contributed by atoms with van der Waals surface area (Å²) in [7, 11) is 0. The van der Waals surface area contributed by atoms with Crippen molar-refractivity contribution in [2.24, 2.45) is 0 Å². The Kier molecular flexibility index (Phi) is 3.82. The zero-order chi connectivity index (χ0) is 10.4. The van der Waals surface area contributed by atoms with E-state index in [0.717, 1.165) is 0 Å². The number of aldehydes is 1. The van der Waals surface area contributed by atoms with Crippen LogP contribution in [0.4, 0.5) is 0 Å². The third-order valence-electron chi connectivity index (χ3n) is 1.63. The highest BCUT2D eigenvalue weighted by molar-refractivity contribution is 5.77. The van der Waals surface area contributed by atoms with Crippen molar-refractivity contribution >= 4 is 12.3 Å². The second kappa shape index (κ2) is 5.14. The van der Waals surface area contributed by atoms with Crippen molar-refractivity contribution in [2.45, 2.75) is 6.10 Å². The van der Waals surface area contributed by atoms with Gasteiger partial charge in [0.05, 0.1) is 0 Å². The molecule has 0 amide bonds. The molecular formula is C10H10O4. The molecule has 0 bridgehead atoms. The summed E-state index contributed by atoms with van der Waals surface area (Å²) in [4.78, 5) is 21.0. The highest BCUT2D eigenvalue weighted by atomic mass is 16.5. The molecule has 1 aromatic rings. The fraction of sp³-hybridized carbons (Fsp3) is 0.200. The number of carbonyl (C=O) groups excluding carboxylic acids is 2. The maximum absolute atomic E-state index is 11.1. The Bertz CT molecular complexity index is 307. The first kappa shape index (κ1) is 10.4. The average molecular weight is 194 g/mol. The van der Waals surface area contributed by atoms with Crippen molar-refractivity contribution in [1.82, 2.24) is 0 Å². The summed E-state index contributed by atoms with van der Waals surface area (Å²) in [5, 5.41) is 9.43. The molecule has 0 saturated heterocycles. The lowest BCUT2D eigenvalue weighted by Crippen LogP contribution is -2.16. The van der Waals surface area contributed by atoms with Crippen LogP contribution in [-0.2, 0) is 14.3 Å². The Hall–Kier alpha value is -1.68. The van der Waals surface area contributed by atoms with Gasteiger partial charge in [0.2, 0.25) is 0 Å². The van der Waals surface area contributed by atoms with Crippen molar-refractivity contribution < 1.29 is 19.4 Å². The molecule has 14 heavy (non-hydrogen) atoms. The van der Waals surface area contributed by atoms with Gasteiger partial charge in [-0.05, 0) is 5.56 Å². The van der Waals surface area contributed by atoms with E-state index >= 15 is 0 Å². The summed E-state index contributed by atoms with van der Waals surface area (Å²) in [6.45, 7) is -0.331. The van der Waals surface area contributed by atoms with Gasteiger partial charge in [-0.15, -0.1) is 0 Å². The van der Waals surface area contributed by atoms with Crippen molar-refractivity contribution in [2.75, 3.05) is 6.61 Å². The molecule has 4 heteroatoms. The zero-order valence-corrected chi connectivity index (χ0v) is 7.42. The van der Waals surface area contributed by atoms with E-state index in [2.05, 4.69) is 4.74 Å². The molecule has 74 valence electrons. The standard InChI is InChI=1S/C10H10O4/c11-6-7-14-10(13)9(12)8-4-2-1-3-5-8/h1-6,9,12H,7H2/t9-/m1/s1. The fourth-order valence-electron chi connectivity index (χ4n) is 0.967. The number of hydrogen-bond acceptors (Lipinski definition) is 4. The van der Waals surface area contributed by atoms with E-state index in [1.54, 1.807) is 30.3 Å². The number of ether oxygens (including phenoxy) is 1. The van der Waals surface area contributed by atoms with Crippen LogP contribution in [0.25, 0.3) is 0 Å². The first-order valence-electron chi connectivity index (χ1n) is 4.09. The molecule has 0 unspecified atom stereocenters. The Labute approximate surface area is 81.1 Å². The predicted octanol–water partition coefficient (Wildman–Crippen LogP) is 0.462. The highest BCUT2D eigenvalue weighted by Gasteiger charge is 2.17. The van der Waals surface area contributed by atoms with Crippen LogP contribution in [0.5, 0.6) is 0 Å². The lowest BCUT2D eigenvalue weighted by atomic mass is 10.1. The molecule has 0 aliphatic heterocycles. The molecule has 0 aliphatic carbocycles. The topological polar surface area (TPSA) is 63.6 Å². The summed E-state index contributed by atoms with van der Waals surface area (Å²) in [6.07, 6.45) is -0.869. The van der Waals surface area contributed by atoms with Gasteiger partial charge >= 0.3 is 5.97 Å². The molecule has 0 aliphatic rings. The number of aliphatic hydroxyl groups is 1. The van der Waals surface area contributed by atoms with Gasteiger partial charge in [-0.25, -0.2) is 4.79 Å². The van der Waals surface area contributed by atoms with Crippen LogP contribution in [0, 0.1) is 0 Å². The normalized spacial score (nSPS) is 11.8. The Balaban J connectivity index is 2.61. The Morgan fingerprint density at radius 3 is 2.64 bits per heavy atom. The van der Waals surface area contributed by atoms with Crippen molar-refractivity contribution in [3.63, 3.8) is 0 Å². The molecule has 1 N–H and O–H groups in total. The number of rotatable bonds is 4. The molecule has 1 aromatic carbocycles. The van der Waals surface area contributed by atoms with Crippen LogP contribution in [0.1, 0.15) is 11.7 Å². The number of hydrogen-bond donors (Lipinski definition) is 1. The van der Waals surface area contributed by atoms with Crippen molar-refractivity contribution in [1.29, 1.82) is 0 Å². The minimum atomic E-state index is -1.32. The van der Waals surface area contributed by atoms with E-state index in [0.29, 0.717) is 11.8 Å². The molecule has 4 nitrogen and oxygen atoms in total. The summed E-state index contributed by atoms with van der Waals surface area (Å²) < 4.78 is 4.45. The Morgan fingerprint density at radius 2 is 2.07 bits per heavy atom. The third kappa shape index (κ3) is 2.67. The van der Waals surface area contributed by atoms with E-state index in [1.165, 1.54) is 0 Å². The van der Waals surface area contributed by atoms with Gasteiger partial charge in [0, 0.05) is 0 Å². The largest absolute Gasteiger partial charge is 0.456 e. The molecule has 0 radical (unpaired) electrons. The maximum atomic E-state index is 11.1. The first-order valence-corrected chi connectivity index (χ1v) is 4.09. The summed E-state index contributed by atoms with van der Waals surface area (Å²) in [6, 6.07) is 8.38. The lowest BCUT2D eigenvalue weighted by molar-refractivity contribution is -0.155. The number of benzene rings is 1. The SMILES string of the molecule is O=CCOC(=O)[C@H](O)c1ccccc1. The van der Waals surface area contributed by atoms with Gasteiger partial charge in [-0.1, -0.05) is 30.3 Å². The molecule has 0 heterocycles. The van der Waals surface area contributed by atoms with Gasteiger partial charge in [0.15, 0.2) is 12.4 Å². The predicted molar refractivity (Wildman–Crippen MR) is 48.4 cm³/mol. The van der Waals surface area contributed by atoms with E-state index in [-0.39, 0.29) is 6.61 Å². The molecule has 0 fully saturated rings. The van der Waals surface area contributed by atoms with Gasteiger partial charge in [-0.2, -0.15) is 0 Å². The van der Waals surface area contributed by atoms with Gasteiger partial charge in [0.25, 0.3) is 0 Å². The van der Waals surface area contributed by atoms with E-state index in [4.69, 9.17) is 0 Å². The monoisotopic (exact) mass is 194 g/mol. The molecule has 0 aromatic heterocycles. The van der Waals surface area contributed by atoms with Gasteiger partial charge in [-0.3, -0.25) is 4.79 Å². The summed E-state index contributed by atoms with van der Waals surface area (Å²) >= 11 is 0. The van der Waals surface area contributed by atoms with Crippen LogP contribution in [0.15, 0.2) is 30.3 Å². The van der Waals surface area contributed by atoms with Crippen molar-refractivity contribution in [3.8, 4) is 0 Å². The molecule has 0 saturated carbocycles. The van der Waals surface area contributed by atoms with E-state index in [1.807, 2.05) is 0 Å². The first-order chi connectivity index (χ1) is 6.75. The molecule has 1 rings (SSSR count). The third-order valence-corrected chi connectivity index (χ3v) is 1.63. The Morgan fingerprint density at radius 1 is 1.43 bits per heavy atom. The number of esters is 1. The lowest BCUT2D eigenvalue weighted by Gasteiger charge is -2.08. The summed E-state index contributed by atoms with van der Waals surface area (Å²) in [5.74, 6) is -0.816. The molecule has 0 spiro atoms. The van der Waals surface area contributed by atoms with Crippen molar-refractivity contribution in [3.05, 3.63) is 35.9 Å². The second-order valence-electron chi connectivity index (χ2n) is 2.61. The molecule has 1 atom stereocenters.